The number of ether oxygens (including phenoxy) is 1. The molecule has 0 aliphatic carbocycles. The summed E-state index contributed by atoms with van der Waals surface area (Å²) in [5.41, 5.74) is 1.25. The van der Waals surface area contributed by atoms with E-state index in [1.807, 2.05) is 24.3 Å². The highest BCUT2D eigenvalue weighted by molar-refractivity contribution is 5.95. The average molecular weight is 342 g/mol. The second kappa shape index (κ2) is 7.38. The SMILES string of the molecule is COc1ccccc1NC(=O)C1CCN(C(=O)c2cnn(C)c2)CC1. The topological polar surface area (TPSA) is 76.5 Å². The number of para-hydroxylation sites is 2. The number of amides is 2. The van der Waals surface area contributed by atoms with Gasteiger partial charge in [-0.2, -0.15) is 5.10 Å². The maximum Gasteiger partial charge on any atom is 0.257 e. The molecule has 1 aliphatic rings. The fourth-order valence-corrected chi connectivity index (χ4v) is 3.04. The van der Waals surface area contributed by atoms with Crippen molar-refractivity contribution in [3.63, 3.8) is 0 Å². The van der Waals surface area contributed by atoms with E-state index in [0.717, 1.165) is 0 Å². The molecule has 1 fully saturated rings. The zero-order valence-corrected chi connectivity index (χ0v) is 14.4. The van der Waals surface area contributed by atoms with Gasteiger partial charge in [0.05, 0.1) is 24.6 Å². The number of nitrogens with one attached hydrogen (secondary N) is 1. The summed E-state index contributed by atoms with van der Waals surface area (Å²) in [5, 5.41) is 6.96. The van der Waals surface area contributed by atoms with E-state index in [1.54, 1.807) is 36.1 Å². The highest BCUT2D eigenvalue weighted by atomic mass is 16.5. The average Bonchev–Trinajstić information content (AvgIpc) is 3.08. The van der Waals surface area contributed by atoms with Gasteiger partial charge in [-0.25, -0.2) is 0 Å². The number of likely N-dealkylation sites (tertiary alicyclic amines) is 1. The Kier molecular flexibility index (Phi) is 5.02. The Balaban J connectivity index is 1.56. The van der Waals surface area contributed by atoms with Crippen molar-refractivity contribution in [3.05, 3.63) is 42.2 Å². The number of hydrogen-bond acceptors (Lipinski definition) is 4. The molecule has 2 heterocycles. The first-order valence-corrected chi connectivity index (χ1v) is 8.30. The number of carbonyl (C=O) groups is 2. The maximum absolute atomic E-state index is 12.5. The molecule has 1 saturated heterocycles. The Morgan fingerprint density at radius 2 is 1.96 bits per heavy atom. The first kappa shape index (κ1) is 17.0. The van der Waals surface area contributed by atoms with E-state index in [0.29, 0.717) is 42.9 Å². The number of anilines is 1. The zero-order valence-electron chi connectivity index (χ0n) is 14.4. The van der Waals surface area contributed by atoms with E-state index >= 15 is 0 Å². The van der Waals surface area contributed by atoms with Crippen molar-refractivity contribution in [2.75, 3.05) is 25.5 Å². The molecular formula is C18H22N4O3. The third-order valence-electron chi connectivity index (χ3n) is 4.47. The van der Waals surface area contributed by atoms with Gasteiger partial charge in [0.1, 0.15) is 5.75 Å². The quantitative estimate of drug-likeness (QED) is 0.921. The number of aryl methyl sites for hydroxylation is 1. The van der Waals surface area contributed by atoms with E-state index < -0.39 is 0 Å². The summed E-state index contributed by atoms with van der Waals surface area (Å²) in [5.74, 6) is 0.470. The van der Waals surface area contributed by atoms with Crippen LogP contribution < -0.4 is 10.1 Å². The molecule has 2 aromatic rings. The van der Waals surface area contributed by atoms with Crippen molar-refractivity contribution >= 4 is 17.5 Å². The molecule has 1 aliphatic heterocycles. The van der Waals surface area contributed by atoms with Gasteiger partial charge in [-0.05, 0) is 25.0 Å². The summed E-state index contributed by atoms with van der Waals surface area (Å²) in [6.45, 7) is 1.13. The summed E-state index contributed by atoms with van der Waals surface area (Å²) >= 11 is 0. The number of methoxy groups -OCH3 is 1. The van der Waals surface area contributed by atoms with Gasteiger partial charge in [0.15, 0.2) is 0 Å². The third kappa shape index (κ3) is 3.81. The van der Waals surface area contributed by atoms with Crippen molar-refractivity contribution < 1.29 is 14.3 Å². The molecule has 7 nitrogen and oxygen atoms in total. The Bertz CT molecular complexity index is 763. The van der Waals surface area contributed by atoms with Crippen LogP contribution in [0.15, 0.2) is 36.7 Å². The Labute approximate surface area is 146 Å². The Morgan fingerprint density at radius 1 is 1.24 bits per heavy atom. The lowest BCUT2D eigenvalue weighted by Gasteiger charge is -2.31. The van der Waals surface area contributed by atoms with E-state index in [2.05, 4.69) is 10.4 Å². The number of aromatic nitrogens is 2. The van der Waals surface area contributed by atoms with Gasteiger partial charge >= 0.3 is 0 Å². The molecule has 0 atom stereocenters. The molecule has 7 heteroatoms. The van der Waals surface area contributed by atoms with E-state index in [-0.39, 0.29) is 17.7 Å². The third-order valence-corrected chi connectivity index (χ3v) is 4.47. The van der Waals surface area contributed by atoms with Crippen LogP contribution in [0, 0.1) is 5.92 Å². The lowest BCUT2D eigenvalue weighted by Crippen LogP contribution is -2.41. The van der Waals surface area contributed by atoms with Gasteiger partial charge in [-0.15, -0.1) is 0 Å². The van der Waals surface area contributed by atoms with Crippen LogP contribution in [-0.4, -0.2) is 46.7 Å². The Morgan fingerprint density at radius 3 is 2.60 bits per heavy atom. The van der Waals surface area contributed by atoms with E-state index in [9.17, 15) is 9.59 Å². The van der Waals surface area contributed by atoms with Crippen LogP contribution in [0.5, 0.6) is 5.75 Å². The van der Waals surface area contributed by atoms with E-state index in [1.165, 1.54) is 0 Å². The van der Waals surface area contributed by atoms with Gasteiger partial charge in [0.25, 0.3) is 5.91 Å². The minimum absolute atomic E-state index is 0.0297. The van der Waals surface area contributed by atoms with Crippen molar-refractivity contribution in [1.82, 2.24) is 14.7 Å². The lowest BCUT2D eigenvalue weighted by atomic mass is 9.95. The standard InChI is InChI=1S/C18H22N4O3/c1-21-12-14(11-19-21)18(24)22-9-7-13(8-10-22)17(23)20-15-5-3-4-6-16(15)25-2/h3-6,11-13H,7-10H2,1-2H3,(H,20,23). The number of benzene rings is 1. The van der Waals surface area contributed by atoms with Crippen molar-refractivity contribution in [2.45, 2.75) is 12.8 Å². The lowest BCUT2D eigenvalue weighted by molar-refractivity contribution is -0.121. The second-order valence-corrected chi connectivity index (χ2v) is 6.16. The van der Waals surface area contributed by atoms with Crippen LogP contribution in [-0.2, 0) is 11.8 Å². The van der Waals surface area contributed by atoms with E-state index in [4.69, 9.17) is 4.74 Å². The summed E-state index contributed by atoms with van der Waals surface area (Å²) in [6, 6.07) is 7.34. The molecule has 3 rings (SSSR count). The van der Waals surface area contributed by atoms with Crippen LogP contribution in [0.25, 0.3) is 0 Å². The fraction of sp³-hybridized carbons (Fsp3) is 0.389. The van der Waals surface area contributed by atoms with Crippen molar-refractivity contribution in [2.24, 2.45) is 13.0 Å². The van der Waals surface area contributed by atoms with Gasteiger partial charge in [0, 0.05) is 32.3 Å². The van der Waals surface area contributed by atoms with Gasteiger partial charge in [-0.3, -0.25) is 14.3 Å². The summed E-state index contributed by atoms with van der Waals surface area (Å²) < 4.78 is 6.87. The van der Waals surface area contributed by atoms with Crippen LogP contribution in [0.3, 0.4) is 0 Å². The molecular weight excluding hydrogens is 320 g/mol. The molecule has 0 bridgehead atoms. The van der Waals surface area contributed by atoms with Gasteiger partial charge in [0.2, 0.25) is 5.91 Å². The maximum atomic E-state index is 12.5. The van der Waals surface area contributed by atoms with Gasteiger partial charge in [-0.1, -0.05) is 12.1 Å². The molecule has 132 valence electrons. The largest absolute Gasteiger partial charge is 0.495 e. The molecule has 25 heavy (non-hydrogen) atoms. The molecule has 1 aromatic carbocycles. The number of nitrogens with zero attached hydrogens (tertiary/aromatic N) is 3. The normalized spacial score (nSPS) is 15.0. The first-order chi connectivity index (χ1) is 12.1. The second-order valence-electron chi connectivity index (χ2n) is 6.16. The smallest absolute Gasteiger partial charge is 0.257 e. The molecule has 1 aromatic heterocycles. The number of rotatable bonds is 4. The summed E-state index contributed by atoms with van der Waals surface area (Å²) in [7, 11) is 3.36. The highest BCUT2D eigenvalue weighted by Crippen LogP contribution is 2.26. The minimum Gasteiger partial charge on any atom is -0.495 e. The zero-order chi connectivity index (χ0) is 17.8. The summed E-state index contributed by atoms with van der Waals surface area (Å²) in [4.78, 5) is 26.7. The highest BCUT2D eigenvalue weighted by Gasteiger charge is 2.28. The van der Waals surface area contributed by atoms with Crippen molar-refractivity contribution in [3.8, 4) is 5.75 Å². The predicted octanol–water partition coefficient (Wildman–Crippen LogP) is 1.92. The van der Waals surface area contributed by atoms with Crippen LogP contribution >= 0.6 is 0 Å². The predicted molar refractivity (Wildman–Crippen MR) is 93.5 cm³/mol. The molecule has 1 N–H and O–H groups in total. The van der Waals surface area contributed by atoms with Crippen LogP contribution in [0.2, 0.25) is 0 Å². The van der Waals surface area contributed by atoms with Gasteiger partial charge < -0.3 is 15.0 Å². The molecule has 0 radical (unpaired) electrons. The first-order valence-electron chi connectivity index (χ1n) is 8.30. The van der Waals surface area contributed by atoms with Crippen LogP contribution in [0.4, 0.5) is 5.69 Å². The minimum atomic E-state index is -0.108. The van der Waals surface area contributed by atoms with Crippen molar-refractivity contribution in [1.29, 1.82) is 0 Å². The van der Waals surface area contributed by atoms with Crippen LogP contribution in [0.1, 0.15) is 23.2 Å². The fourth-order valence-electron chi connectivity index (χ4n) is 3.04. The number of hydrogen-bond donors (Lipinski definition) is 1. The molecule has 0 saturated carbocycles. The molecule has 2 amide bonds. The summed E-state index contributed by atoms with van der Waals surface area (Å²) in [6.07, 6.45) is 4.57. The molecule has 0 spiro atoms. The molecule has 0 unspecified atom stereocenters. The number of piperidine rings is 1. The monoisotopic (exact) mass is 342 g/mol. The number of carbonyl (C=O) groups excluding carboxylic acids is 2. The Hall–Kier alpha value is -2.83.